The normalized spacial score (nSPS) is 11.9. The van der Waals surface area contributed by atoms with Gasteiger partial charge in [0.15, 0.2) is 0 Å². The molecule has 2 aromatic heterocycles. The van der Waals surface area contributed by atoms with Crippen molar-refractivity contribution < 1.29 is 0 Å². The Balaban J connectivity index is 1.51. The van der Waals surface area contributed by atoms with E-state index in [-0.39, 0.29) is 0 Å². The van der Waals surface area contributed by atoms with Crippen molar-refractivity contribution in [2.24, 2.45) is 0 Å². The van der Waals surface area contributed by atoms with Gasteiger partial charge >= 0.3 is 0 Å². The van der Waals surface area contributed by atoms with Crippen molar-refractivity contribution >= 4 is 22.7 Å². The van der Waals surface area contributed by atoms with Crippen LogP contribution in [-0.2, 0) is 6.42 Å². The fourth-order valence-corrected chi connectivity index (χ4v) is 6.99. The highest BCUT2D eigenvalue weighted by molar-refractivity contribution is 7.13. The van der Waals surface area contributed by atoms with E-state index in [0.717, 1.165) is 6.42 Å². The third-order valence-electron chi connectivity index (χ3n) is 6.97. The molecular weight excluding hydrogens is 460 g/mol. The molecule has 0 saturated carbocycles. The molecule has 6 aromatic rings. The van der Waals surface area contributed by atoms with E-state index in [1.807, 2.05) is 11.3 Å². The molecule has 1 aliphatic rings. The van der Waals surface area contributed by atoms with E-state index < -0.39 is 0 Å². The second-order valence-electron chi connectivity index (χ2n) is 8.89. The van der Waals surface area contributed by atoms with Gasteiger partial charge in [0.05, 0.1) is 0 Å². The van der Waals surface area contributed by atoms with Crippen molar-refractivity contribution in [3.8, 4) is 54.3 Å². The van der Waals surface area contributed by atoms with Crippen LogP contribution in [0.15, 0.2) is 120 Å². The molecule has 0 aliphatic heterocycles. The van der Waals surface area contributed by atoms with Crippen molar-refractivity contribution in [3.05, 3.63) is 131 Å². The Bertz CT molecular complexity index is 1650. The second-order valence-corrected chi connectivity index (χ2v) is 10.8. The van der Waals surface area contributed by atoms with Gasteiger partial charge in [0.2, 0.25) is 0 Å². The summed E-state index contributed by atoms with van der Waals surface area (Å²) in [5, 5.41) is 4.33. The van der Waals surface area contributed by atoms with Crippen LogP contribution in [0.1, 0.15) is 11.1 Å². The molecule has 0 atom stereocenters. The minimum Gasteiger partial charge on any atom is -0.144 e. The summed E-state index contributed by atoms with van der Waals surface area (Å²) >= 11 is 3.61. The molecule has 166 valence electrons. The molecular formula is C33H22S2. The number of thiophene rings is 2. The highest BCUT2D eigenvalue weighted by Gasteiger charge is 2.27. The highest BCUT2D eigenvalue weighted by Crippen LogP contribution is 2.50. The molecule has 0 radical (unpaired) electrons. The lowest BCUT2D eigenvalue weighted by Gasteiger charge is -2.18. The van der Waals surface area contributed by atoms with Crippen molar-refractivity contribution in [1.82, 2.24) is 0 Å². The first-order valence-corrected chi connectivity index (χ1v) is 13.6. The summed E-state index contributed by atoms with van der Waals surface area (Å²) in [5.74, 6) is 0. The van der Waals surface area contributed by atoms with Gasteiger partial charge in [-0.05, 0) is 84.9 Å². The fraction of sp³-hybridized carbons (Fsp3) is 0.0303. The monoisotopic (exact) mass is 482 g/mol. The molecule has 0 N–H and O–H groups in total. The smallest absolute Gasteiger partial charge is 0.0348 e. The minimum absolute atomic E-state index is 0.967. The second kappa shape index (κ2) is 8.49. The number of benzene rings is 4. The van der Waals surface area contributed by atoms with Gasteiger partial charge in [-0.1, -0.05) is 97.1 Å². The largest absolute Gasteiger partial charge is 0.144 e. The Labute approximate surface area is 213 Å². The van der Waals surface area contributed by atoms with E-state index in [2.05, 4.69) is 120 Å². The molecule has 2 heterocycles. The van der Waals surface area contributed by atoms with Gasteiger partial charge in [0.25, 0.3) is 0 Å². The van der Waals surface area contributed by atoms with E-state index in [0.29, 0.717) is 0 Å². The van der Waals surface area contributed by atoms with Crippen molar-refractivity contribution in [2.45, 2.75) is 6.42 Å². The summed E-state index contributed by atoms with van der Waals surface area (Å²) in [6.45, 7) is 0. The summed E-state index contributed by atoms with van der Waals surface area (Å²) in [5.41, 5.74) is 13.5. The quantitative estimate of drug-likeness (QED) is 0.234. The van der Waals surface area contributed by atoms with E-state index in [1.165, 1.54) is 65.4 Å². The SMILES string of the molecule is c1csc(-c2ccccc2-c2ccc(-c3ccccc3-c3cccs3)c3c2Cc2ccccc2-3)c1. The van der Waals surface area contributed by atoms with Crippen LogP contribution in [0.5, 0.6) is 0 Å². The van der Waals surface area contributed by atoms with Crippen LogP contribution in [0.3, 0.4) is 0 Å². The fourth-order valence-electron chi connectivity index (χ4n) is 5.45. The number of hydrogen-bond donors (Lipinski definition) is 0. The molecule has 0 nitrogen and oxygen atoms in total. The maximum absolute atomic E-state index is 2.36. The zero-order valence-electron chi connectivity index (χ0n) is 19.1. The van der Waals surface area contributed by atoms with E-state index in [9.17, 15) is 0 Å². The molecule has 1 aliphatic carbocycles. The zero-order valence-corrected chi connectivity index (χ0v) is 20.7. The predicted octanol–water partition coefficient (Wildman–Crippen LogP) is 10.0. The Morgan fingerprint density at radius 2 is 0.914 bits per heavy atom. The average molecular weight is 483 g/mol. The summed E-state index contributed by atoms with van der Waals surface area (Å²) in [4.78, 5) is 2.63. The Morgan fingerprint density at radius 3 is 1.51 bits per heavy atom. The van der Waals surface area contributed by atoms with Crippen molar-refractivity contribution in [2.75, 3.05) is 0 Å². The van der Waals surface area contributed by atoms with E-state index in [4.69, 9.17) is 0 Å². The van der Waals surface area contributed by atoms with Gasteiger partial charge in [-0.2, -0.15) is 0 Å². The van der Waals surface area contributed by atoms with Crippen molar-refractivity contribution in [3.63, 3.8) is 0 Å². The summed E-state index contributed by atoms with van der Waals surface area (Å²) in [6, 6.07) is 40.1. The summed E-state index contributed by atoms with van der Waals surface area (Å²) in [6.07, 6.45) is 0.967. The number of fused-ring (bicyclic) bond motifs is 3. The first-order valence-electron chi connectivity index (χ1n) is 11.9. The Morgan fingerprint density at radius 1 is 0.400 bits per heavy atom. The lowest BCUT2D eigenvalue weighted by Crippen LogP contribution is -1.94. The van der Waals surface area contributed by atoms with E-state index in [1.54, 1.807) is 11.3 Å². The lowest BCUT2D eigenvalue weighted by molar-refractivity contribution is 1.26. The van der Waals surface area contributed by atoms with E-state index >= 15 is 0 Å². The van der Waals surface area contributed by atoms with Crippen LogP contribution in [-0.4, -0.2) is 0 Å². The van der Waals surface area contributed by atoms with Crippen LogP contribution in [0.25, 0.3) is 54.3 Å². The van der Waals surface area contributed by atoms with Crippen molar-refractivity contribution in [1.29, 1.82) is 0 Å². The number of hydrogen-bond acceptors (Lipinski definition) is 2. The van der Waals surface area contributed by atoms with Crippen LogP contribution in [0.2, 0.25) is 0 Å². The zero-order chi connectivity index (χ0) is 23.2. The molecule has 0 unspecified atom stereocenters. The topological polar surface area (TPSA) is 0 Å². The van der Waals surface area contributed by atoms with Gasteiger partial charge in [-0.15, -0.1) is 22.7 Å². The lowest BCUT2D eigenvalue weighted by atomic mass is 9.86. The highest BCUT2D eigenvalue weighted by atomic mass is 32.1. The first kappa shape index (κ1) is 20.6. The third kappa shape index (κ3) is 3.41. The summed E-state index contributed by atoms with van der Waals surface area (Å²) in [7, 11) is 0. The van der Waals surface area contributed by atoms with Crippen LogP contribution >= 0.6 is 22.7 Å². The van der Waals surface area contributed by atoms with Crippen LogP contribution in [0.4, 0.5) is 0 Å². The maximum atomic E-state index is 2.36. The molecule has 2 heteroatoms. The molecule has 7 rings (SSSR count). The molecule has 0 spiro atoms. The first-order chi connectivity index (χ1) is 17.4. The summed E-state index contributed by atoms with van der Waals surface area (Å²) < 4.78 is 0. The molecule has 0 saturated heterocycles. The molecule has 0 bridgehead atoms. The molecule has 4 aromatic carbocycles. The minimum atomic E-state index is 0.967. The van der Waals surface area contributed by atoms with Gasteiger partial charge in [0, 0.05) is 9.75 Å². The van der Waals surface area contributed by atoms with Gasteiger partial charge < -0.3 is 0 Å². The van der Waals surface area contributed by atoms with Crippen LogP contribution < -0.4 is 0 Å². The maximum Gasteiger partial charge on any atom is 0.0348 e. The standard InChI is InChI=1S/C33H22S2/c1-2-10-23-22(9-1)21-30-26(24-11-3-5-13-27(24)31-15-7-19-34-31)17-18-29(33(23)30)25-12-4-6-14-28(25)32-16-8-20-35-32/h1-20H,21H2. The van der Waals surface area contributed by atoms with Crippen LogP contribution in [0, 0.1) is 0 Å². The predicted molar refractivity (Wildman–Crippen MR) is 152 cm³/mol. The molecule has 0 amide bonds. The van der Waals surface area contributed by atoms with Gasteiger partial charge in [0.1, 0.15) is 0 Å². The Kier molecular flexibility index (Phi) is 5.01. The average Bonchev–Trinajstić information content (AvgIpc) is 3.69. The van der Waals surface area contributed by atoms with Gasteiger partial charge in [-0.25, -0.2) is 0 Å². The number of rotatable bonds is 4. The Hall–Kier alpha value is -3.72. The third-order valence-corrected chi connectivity index (χ3v) is 8.78. The van der Waals surface area contributed by atoms with Gasteiger partial charge in [-0.3, -0.25) is 0 Å². The molecule has 35 heavy (non-hydrogen) atoms. The molecule has 0 fully saturated rings.